The van der Waals surface area contributed by atoms with Crippen LogP contribution >= 0.6 is 34.8 Å². The molecule has 11 heteroatoms. The molecule has 1 saturated heterocycles. The molecular weight excluding hydrogens is 591 g/mol. The zero-order valence-corrected chi connectivity index (χ0v) is 24.9. The van der Waals surface area contributed by atoms with Crippen LogP contribution in [-0.2, 0) is 20.9 Å². The van der Waals surface area contributed by atoms with Gasteiger partial charge in [0.2, 0.25) is 0 Å². The molecular formula is C30H33Cl3N2O6. The molecule has 41 heavy (non-hydrogen) atoms. The number of phenols is 1. The third kappa shape index (κ3) is 8.34. The molecule has 1 aliphatic rings. The maximum absolute atomic E-state index is 12.2. The zero-order valence-electron chi connectivity index (χ0n) is 22.6. The lowest BCUT2D eigenvalue weighted by molar-refractivity contribution is -0.276. The summed E-state index contributed by atoms with van der Waals surface area (Å²) in [6.07, 6.45) is -2.25. The molecule has 5 atom stereocenters. The third-order valence-electron chi connectivity index (χ3n) is 7.03. The summed E-state index contributed by atoms with van der Waals surface area (Å²) in [7, 11) is 1.89. The topological polar surface area (TPSA) is 111 Å². The van der Waals surface area contributed by atoms with Gasteiger partial charge in [0.1, 0.15) is 5.75 Å². The normalized spacial score (nSPS) is 22.0. The predicted molar refractivity (Wildman–Crippen MR) is 159 cm³/mol. The second-order valence-corrected chi connectivity index (χ2v) is 12.5. The van der Waals surface area contributed by atoms with Crippen molar-refractivity contribution in [3.63, 3.8) is 0 Å². The molecule has 220 valence electrons. The standard InChI is InChI=1S/C30H33Cl3N2O6/c1-18-26(16-35(2)15-25(38)21-5-4-8-24(37)14-21)40-28(41-27(18)20-11-9-19(17-36)10-12-20)22-6-3-7-23(13-22)34-29(39)30(31,32)33/h3-14,18,25-28,36-38H,15-17H2,1-2H3,(H,34,39)/t18-,25+,26+,27+,28+/m0/s1. The average molecular weight is 624 g/mol. The Morgan fingerprint density at radius 1 is 1.02 bits per heavy atom. The largest absolute Gasteiger partial charge is 0.508 e. The van der Waals surface area contributed by atoms with Crippen LogP contribution in [0.3, 0.4) is 0 Å². The molecule has 1 amide bonds. The van der Waals surface area contributed by atoms with Crippen LogP contribution in [-0.4, -0.2) is 56.2 Å². The van der Waals surface area contributed by atoms with Crippen LogP contribution < -0.4 is 5.32 Å². The van der Waals surface area contributed by atoms with Gasteiger partial charge in [0.05, 0.1) is 24.9 Å². The van der Waals surface area contributed by atoms with Crippen molar-refractivity contribution in [3.8, 4) is 5.75 Å². The lowest BCUT2D eigenvalue weighted by Crippen LogP contribution is -2.44. The molecule has 4 N–H and O–H groups in total. The number of nitrogens with one attached hydrogen (secondary N) is 1. The summed E-state index contributed by atoms with van der Waals surface area (Å²) >= 11 is 17.1. The van der Waals surface area contributed by atoms with E-state index in [0.29, 0.717) is 29.9 Å². The summed E-state index contributed by atoms with van der Waals surface area (Å²) in [5, 5.41) is 32.6. The van der Waals surface area contributed by atoms with Crippen molar-refractivity contribution in [1.29, 1.82) is 0 Å². The van der Waals surface area contributed by atoms with E-state index in [0.717, 1.165) is 11.1 Å². The Bertz CT molecular complexity index is 1320. The number of ether oxygens (including phenoxy) is 2. The van der Waals surface area contributed by atoms with Gasteiger partial charge in [-0.1, -0.05) is 90.3 Å². The number of aliphatic hydroxyl groups excluding tert-OH is 2. The SMILES string of the molecule is C[C@H]1[C@@H](CN(C)C[C@@H](O)c2cccc(O)c2)O[C@@H](c2cccc(NC(=O)C(Cl)(Cl)Cl)c2)O[C@H]1c1ccc(CO)cc1. The van der Waals surface area contributed by atoms with E-state index in [9.17, 15) is 20.1 Å². The summed E-state index contributed by atoms with van der Waals surface area (Å²) < 4.78 is 10.8. The number of nitrogens with zero attached hydrogens (tertiary/aromatic N) is 1. The van der Waals surface area contributed by atoms with Crippen LogP contribution in [0.5, 0.6) is 5.75 Å². The highest BCUT2D eigenvalue weighted by atomic mass is 35.6. The Morgan fingerprint density at radius 2 is 1.73 bits per heavy atom. The number of likely N-dealkylation sites (N-methyl/N-ethyl adjacent to an activating group) is 1. The summed E-state index contributed by atoms with van der Waals surface area (Å²) in [5.74, 6) is -0.778. The molecule has 1 heterocycles. The number of carbonyl (C=O) groups is 1. The zero-order chi connectivity index (χ0) is 29.7. The molecule has 0 spiro atoms. The van der Waals surface area contributed by atoms with E-state index in [-0.39, 0.29) is 30.5 Å². The highest BCUT2D eigenvalue weighted by Gasteiger charge is 2.39. The molecule has 8 nitrogen and oxygen atoms in total. The summed E-state index contributed by atoms with van der Waals surface area (Å²) in [6, 6.07) is 21.1. The molecule has 4 rings (SSSR count). The predicted octanol–water partition coefficient (Wildman–Crippen LogP) is 5.65. The van der Waals surface area contributed by atoms with Gasteiger partial charge in [-0.2, -0.15) is 0 Å². The van der Waals surface area contributed by atoms with Gasteiger partial charge in [0.15, 0.2) is 6.29 Å². The van der Waals surface area contributed by atoms with Crippen LogP contribution in [0.4, 0.5) is 5.69 Å². The Kier molecular flexibility index (Phi) is 10.5. The van der Waals surface area contributed by atoms with Crippen LogP contribution in [0.2, 0.25) is 0 Å². The third-order valence-corrected chi connectivity index (χ3v) is 7.54. The molecule has 0 bridgehead atoms. The van der Waals surface area contributed by atoms with E-state index in [1.807, 2.05) is 49.2 Å². The van der Waals surface area contributed by atoms with Crippen molar-refractivity contribution in [2.45, 2.75) is 41.9 Å². The van der Waals surface area contributed by atoms with Gasteiger partial charge in [-0.15, -0.1) is 0 Å². The summed E-state index contributed by atoms with van der Waals surface area (Å²) in [6.45, 7) is 2.78. The second kappa shape index (κ2) is 13.7. The average Bonchev–Trinajstić information content (AvgIpc) is 2.94. The molecule has 0 aromatic heterocycles. The number of hydrogen-bond donors (Lipinski definition) is 4. The first kappa shape index (κ1) is 31.5. The monoisotopic (exact) mass is 622 g/mol. The van der Waals surface area contributed by atoms with Crippen molar-refractivity contribution in [2.75, 3.05) is 25.5 Å². The van der Waals surface area contributed by atoms with Crippen molar-refractivity contribution in [3.05, 3.63) is 95.1 Å². The van der Waals surface area contributed by atoms with Crippen molar-refractivity contribution in [2.24, 2.45) is 5.92 Å². The number of amides is 1. The summed E-state index contributed by atoms with van der Waals surface area (Å²) in [4.78, 5) is 14.2. The second-order valence-electron chi connectivity index (χ2n) is 10.2. The number of aromatic hydroxyl groups is 1. The smallest absolute Gasteiger partial charge is 0.276 e. The van der Waals surface area contributed by atoms with Gasteiger partial charge in [-0.05, 0) is 48.0 Å². The van der Waals surface area contributed by atoms with Gasteiger partial charge >= 0.3 is 0 Å². The van der Waals surface area contributed by atoms with Crippen LogP contribution in [0, 0.1) is 5.92 Å². The number of phenolic OH excluding ortho intramolecular Hbond substituents is 1. The molecule has 3 aromatic rings. The number of carbonyl (C=O) groups excluding carboxylic acids is 1. The molecule has 0 aliphatic carbocycles. The van der Waals surface area contributed by atoms with Crippen molar-refractivity contribution >= 4 is 46.4 Å². The van der Waals surface area contributed by atoms with Crippen molar-refractivity contribution in [1.82, 2.24) is 4.90 Å². The highest BCUT2D eigenvalue weighted by molar-refractivity contribution is 6.76. The van der Waals surface area contributed by atoms with Gasteiger partial charge < -0.3 is 35.0 Å². The maximum Gasteiger partial charge on any atom is 0.276 e. The fourth-order valence-electron chi connectivity index (χ4n) is 4.81. The number of aliphatic hydroxyl groups is 2. The quantitative estimate of drug-likeness (QED) is 0.228. The molecule has 0 unspecified atom stereocenters. The van der Waals surface area contributed by atoms with Crippen molar-refractivity contribution < 1.29 is 29.6 Å². The number of benzene rings is 3. The molecule has 1 aliphatic heterocycles. The molecule has 0 radical (unpaired) electrons. The number of hydrogen-bond acceptors (Lipinski definition) is 7. The first-order valence-corrected chi connectivity index (χ1v) is 14.2. The molecule has 3 aromatic carbocycles. The van der Waals surface area contributed by atoms with Gasteiger partial charge in [0.25, 0.3) is 9.70 Å². The van der Waals surface area contributed by atoms with Crippen LogP contribution in [0.25, 0.3) is 0 Å². The minimum atomic E-state index is -2.12. The lowest BCUT2D eigenvalue weighted by atomic mass is 9.90. The number of rotatable bonds is 9. The lowest BCUT2D eigenvalue weighted by Gasteiger charge is -2.42. The minimum absolute atomic E-state index is 0.0608. The van der Waals surface area contributed by atoms with Gasteiger partial charge in [0, 0.05) is 30.3 Å². The number of alkyl halides is 3. The van der Waals surface area contributed by atoms with E-state index >= 15 is 0 Å². The number of anilines is 1. The van der Waals surface area contributed by atoms with Gasteiger partial charge in [-0.3, -0.25) is 4.79 Å². The highest BCUT2D eigenvalue weighted by Crippen LogP contribution is 2.42. The number of halogens is 3. The maximum atomic E-state index is 12.2. The molecule has 0 saturated carbocycles. The Hall–Kier alpha value is -2.40. The summed E-state index contributed by atoms with van der Waals surface area (Å²) in [5.41, 5.74) is 3.40. The Morgan fingerprint density at radius 3 is 2.39 bits per heavy atom. The Balaban J connectivity index is 1.56. The Labute approximate surface area is 254 Å². The van der Waals surface area contributed by atoms with Crippen LogP contribution in [0.15, 0.2) is 72.8 Å². The van der Waals surface area contributed by atoms with Crippen LogP contribution in [0.1, 0.15) is 47.7 Å². The first-order chi connectivity index (χ1) is 19.4. The van der Waals surface area contributed by atoms with E-state index in [1.54, 1.807) is 42.5 Å². The van der Waals surface area contributed by atoms with E-state index < -0.39 is 22.1 Å². The van der Waals surface area contributed by atoms with E-state index in [2.05, 4.69) is 5.32 Å². The fourth-order valence-corrected chi connectivity index (χ4v) is 4.95. The molecule has 1 fully saturated rings. The van der Waals surface area contributed by atoms with E-state index in [1.165, 1.54) is 0 Å². The van der Waals surface area contributed by atoms with E-state index in [4.69, 9.17) is 44.3 Å². The fraction of sp³-hybridized carbons (Fsp3) is 0.367. The minimum Gasteiger partial charge on any atom is -0.508 e. The first-order valence-electron chi connectivity index (χ1n) is 13.1. The van der Waals surface area contributed by atoms with Gasteiger partial charge in [-0.25, -0.2) is 0 Å².